The van der Waals surface area contributed by atoms with Crippen molar-refractivity contribution in [2.24, 2.45) is 5.73 Å². The third kappa shape index (κ3) is 3.83. The Morgan fingerprint density at radius 2 is 2.09 bits per heavy atom. The van der Waals surface area contributed by atoms with Crippen LogP contribution >= 0.6 is 11.6 Å². The molecule has 2 aromatic carbocycles. The number of halogens is 2. The second-order valence-corrected chi connectivity index (χ2v) is 4.85. The van der Waals surface area contributed by atoms with Crippen molar-refractivity contribution in [1.82, 2.24) is 0 Å². The van der Waals surface area contributed by atoms with Gasteiger partial charge < -0.3 is 10.5 Å². The molecule has 0 atom stereocenters. The largest absolute Gasteiger partial charge is 0.453 e. The fourth-order valence-corrected chi connectivity index (χ4v) is 1.96. The van der Waals surface area contributed by atoms with E-state index >= 15 is 0 Å². The molecule has 1 radical (unpaired) electrons. The topological polar surface area (TPSA) is 69.4 Å². The van der Waals surface area contributed by atoms with Gasteiger partial charge in [0.05, 0.1) is 5.02 Å². The third-order valence-corrected chi connectivity index (χ3v) is 3.11. The fourth-order valence-electron chi connectivity index (χ4n) is 1.78. The van der Waals surface area contributed by atoms with Gasteiger partial charge in [-0.15, -0.1) is 0 Å². The molecule has 0 saturated carbocycles. The first-order valence-electron chi connectivity index (χ1n) is 6.34. The van der Waals surface area contributed by atoms with Gasteiger partial charge in [0, 0.05) is 18.4 Å². The highest BCUT2D eigenvalue weighted by Crippen LogP contribution is 2.34. The van der Waals surface area contributed by atoms with E-state index in [9.17, 15) is 14.0 Å². The average molecular weight is 321 g/mol. The molecule has 22 heavy (non-hydrogen) atoms. The molecule has 0 aliphatic rings. The maximum atomic E-state index is 14.4. The lowest BCUT2D eigenvalue weighted by atomic mass is 10.1. The number of rotatable bonds is 6. The first-order valence-corrected chi connectivity index (χ1v) is 6.71. The summed E-state index contributed by atoms with van der Waals surface area (Å²) in [5.41, 5.74) is 5.58. The molecule has 113 valence electrons. The van der Waals surface area contributed by atoms with Gasteiger partial charge >= 0.3 is 0 Å². The summed E-state index contributed by atoms with van der Waals surface area (Å²) in [4.78, 5) is 21.5. The van der Waals surface area contributed by atoms with Crippen LogP contribution < -0.4 is 10.5 Å². The van der Waals surface area contributed by atoms with Gasteiger partial charge in [0.15, 0.2) is 11.6 Å². The van der Waals surface area contributed by atoms with Crippen molar-refractivity contribution in [3.8, 4) is 11.5 Å². The standard InChI is InChI=1S/C16H12ClFNO3/c17-13-6-4-11(5-7-14(19)21)15(18)16(13)22-12-3-1-2-10(8-12)9-20/h1-6,8-9H,7H2,(H2,19,21). The molecule has 0 aliphatic heterocycles. The van der Waals surface area contributed by atoms with Crippen LogP contribution in [0, 0.1) is 12.2 Å². The van der Waals surface area contributed by atoms with E-state index < -0.39 is 11.7 Å². The minimum absolute atomic E-state index is 0.0743. The zero-order valence-corrected chi connectivity index (χ0v) is 12.1. The summed E-state index contributed by atoms with van der Waals surface area (Å²) in [7, 11) is 0. The average Bonchev–Trinajstić information content (AvgIpc) is 2.50. The Bertz CT molecular complexity index is 719. The van der Waals surface area contributed by atoms with Crippen molar-refractivity contribution < 1.29 is 18.7 Å². The van der Waals surface area contributed by atoms with Crippen LogP contribution in [0.25, 0.3) is 0 Å². The Morgan fingerprint density at radius 1 is 1.32 bits per heavy atom. The lowest BCUT2D eigenvalue weighted by Gasteiger charge is -2.11. The van der Waals surface area contributed by atoms with Crippen LogP contribution in [-0.4, -0.2) is 12.2 Å². The van der Waals surface area contributed by atoms with Gasteiger partial charge in [-0.3, -0.25) is 9.59 Å². The lowest BCUT2D eigenvalue weighted by Crippen LogP contribution is -2.10. The molecule has 0 unspecified atom stereocenters. The summed E-state index contributed by atoms with van der Waals surface area (Å²) in [6.45, 7) is 0. The molecule has 0 saturated heterocycles. The molecule has 2 N–H and O–H groups in total. The van der Waals surface area contributed by atoms with Crippen LogP contribution in [0.2, 0.25) is 5.02 Å². The molecule has 1 amide bonds. The number of carbonyl (C=O) groups excluding carboxylic acids is 2. The number of carbonyl (C=O) groups is 2. The fraction of sp³-hybridized carbons (Fsp3) is 0.0625. The van der Waals surface area contributed by atoms with Crippen LogP contribution in [0.3, 0.4) is 0 Å². The maximum Gasteiger partial charge on any atom is 0.218 e. The van der Waals surface area contributed by atoms with Crippen molar-refractivity contribution in [1.29, 1.82) is 0 Å². The minimum atomic E-state index is -0.703. The summed E-state index contributed by atoms with van der Waals surface area (Å²) in [6.07, 6.45) is 1.91. The van der Waals surface area contributed by atoms with Crippen LogP contribution in [0.5, 0.6) is 11.5 Å². The number of aldehydes is 1. The summed E-state index contributed by atoms with van der Waals surface area (Å²) < 4.78 is 19.8. The Morgan fingerprint density at radius 3 is 2.77 bits per heavy atom. The van der Waals surface area contributed by atoms with E-state index in [1.807, 2.05) is 0 Å². The summed E-state index contributed by atoms with van der Waals surface area (Å²) >= 11 is 5.95. The van der Waals surface area contributed by atoms with Crippen molar-refractivity contribution in [3.05, 3.63) is 64.8 Å². The van der Waals surface area contributed by atoms with Gasteiger partial charge in [-0.1, -0.05) is 29.8 Å². The van der Waals surface area contributed by atoms with Crippen molar-refractivity contribution in [2.75, 3.05) is 0 Å². The van der Waals surface area contributed by atoms with E-state index in [1.54, 1.807) is 18.2 Å². The highest BCUT2D eigenvalue weighted by molar-refractivity contribution is 6.32. The number of hydrogen-bond acceptors (Lipinski definition) is 3. The first kappa shape index (κ1) is 16.0. The summed E-state index contributed by atoms with van der Waals surface area (Å²) in [5.74, 6) is -1.18. The molecular formula is C16H12ClFNO3. The first-order chi connectivity index (χ1) is 10.5. The molecular weight excluding hydrogens is 309 g/mol. The second-order valence-electron chi connectivity index (χ2n) is 4.45. The minimum Gasteiger partial charge on any atom is -0.453 e. The van der Waals surface area contributed by atoms with Gasteiger partial charge in [0.25, 0.3) is 0 Å². The zero-order chi connectivity index (χ0) is 16.1. The quantitative estimate of drug-likeness (QED) is 0.828. The van der Waals surface area contributed by atoms with Crippen LogP contribution in [0.15, 0.2) is 36.4 Å². The van der Waals surface area contributed by atoms with E-state index in [0.29, 0.717) is 11.8 Å². The number of amides is 1. The highest BCUT2D eigenvalue weighted by Gasteiger charge is 2.15. The Kier molecular flexibility index (Phi) is 5.12. The Balaban J connectivity index is 2.31. The number of nitrogens with two attached hydrogens (primary N) is 1. The van der Waals surface area contributed by atoms with E-state index in [0.717, 1.165) is 0 Å². The van der Waals surface area contributed by atoms with Crippen LogP contribution in [0.1, 0.15) is 22.3 Å². The van der Waals surface area contributed by atoms with Gasteiger partial charge in [-0.25, -0.2) is 4.39 Å². The Hall–Kier alpha value is -2.40. The van der Waals surface area contributed by atoms with Crippen LogP contribution in [0.4, 0.5) is 4.39 Å². The summed E-state index contributed by atoms with van der Waals surface area (Å²) in [5, 5.41) is 0.0743. The number of hydrogen-bond donors (Lipinski definition) is 1. The molecule has 0 fully saturated rings. The molecule has 0 heterocycles. The Labute approximate surface area is 131 Å². The third-order valence-electron chi connectivity index (χ3n) is 2.82. The number of benzene rings is 2. The highest BCUT2D eigenvalue weighted by atomic mass is 35.5. The smallest absolute Gasteiger partial charge is 0.218 e. The normalized spacial score (nSPS) is 10.3. The predicted molar refractivity (Wildman–Crippen MR) is 80.5 cm³/mol. The van der Waals surface area contributed by atoms with E-state index in [1.165, 1.54) is 24.6 Å². The second kappa shape index (κ2) is 7.04. The van der Waals surface area contributed by atoms with Gasteiger partial charge in [-0.2, -0.15) is 0 Å². The van der Waals surface area contributed by atoms with Gasteiger partial charge in [0.2, 0.25) is 5.91 Å². The molecule has 4 nitrogen and oxygen atoms in total. The lowest BCUT2D eigenvalue weighted by molar-refractivity contribution is -0.117. The molecule has 2 rings (SSSR count). The maximum absolute atomic E-state index is 14.4. The zero-order valence-electron chi connectivity index (χ0n) is 11.4. The van der Waals surface area contributed by atoms with Crippen molar-refractivity contribution in [3.63, 3.8) is 0 Å². The molecule has 2 aromatic rings. The molecule has 0 aliphatic carbocycles. The van der Waals surface area contributed by atoms with E-state index in [-0.39, 0.29) is 28.5 Å². The molecule has 0 aromatic heterocycles. The SMILES string of the molecule is NC(=O)C[CH]c1ccc(Cl)c(Oc2cccc(C=O)c2)c1F. The number of ether oxygens (including phenoxy) is 1. The van der Waals surface area contributed by atoms with Crippen LogP contribution in [-0.2, 0) is 4.79 Å². The summed E-state index contributed by atoms with van der Waals surface area (Å²) in [6, 6.07) is 9.11. The van der Waals surface area contributed by atoms with E-state index in [2.05, 4.69) is 0 Å². The predicted octanol–water partition coefficient (Wildman–Crippen LogP) is 3.51. The van der Waals surface area contributed by atoms with Crippen molar-refractivity contribution >= 4 is 23.8 Å². The van der Waals surface area contributed by atoms with Crippen molar-refractivity contribution in [2.45, 2.75) is 6.42 Å². The number of primary amides is 1. The molecule has 0 spiro atoms. The van der Waals surface area contributed by atoms with Gasteiger partial charge in [0.1, 0.15) is 12.0 Å². The van der Waals surface area contributed by atoms with Gasteiger partial charge in [-0.05, 0) is 23.8 Å². The molecule has 0 bridgehead atoms. The molecule has 6 heteroatoms. The monoisotopic (exact) mass is 320 g/mol. The van der Waals surface area contributed by atoms with E-state index in [4.69, 9.17) is 22.1 Å².